The van der Waals surface area contributed by atoms with Gasteiger partial charge in [0.1, 0.15) is 23.8 Å². The standard InChI is InChI=1S/C39H44F2N12O6S/c1-22(2)59-35-33(25-19-43-44-20-25)42-21-52-36(35)47-38(48-52)46-34-27(40)17-26(18-28(34)41)60(57,58)49(3)12-5-13-51-14-10-23(11-15-51)24-6-7-29-31(16-24)50(4)39(56)53(29)30-8-9-32(54)45-37(30)55/h6-7,16-23,30H,5,8-15H2,1-4H3,(H,43,44)(H,46,48)(H,45,54,55)/t30-/m0/s1. The second-order valence-corrected chi connectivity index (χ2v) is 17.4. The first kappa shape index (κ1) is 40.7. The lowest BCUT2D eigenvalue weighted by molar-refractivity contribution is -0.135. The molecule has 0 unspecified atom stereocenters. The van der Waals surface area contributed by atoms with Crippen molar-refractivity contribution in [3.63, 3.8) is 0 Å². The lowest BCUT2D eigenvalue weighted by Crippen LogP contribution is -2.44. The number of halogens is 2. The van der Waals surface area contributed by atoms with Gasteiger partial charge in [-0.2, -0.15) is 14.6 Å². The molecule has 4 aromatic heterocycles. The third-order valence-electron chi connectivity index (χ3n) is 11.1. The van der Waals surface area contributed by atoms with Gasteiger partial charge in [-0.1, -0.05) is 6.07 Å². The number of imidazole rings is 1. The molecule has 2 amide bonds. The summed E-state index contributed by atoms with van der Waals surface area (Å²) in [4.78, 5) is 48.0. The van der Waals surface area contributed by atoms with E-state index in [2.05, 4.69) is 40.8 Å². The van der Waals surface area contributed by atoms with E-state index in [1.807, 2.05) is 32.0 Å². The number of aromatic nitrogens is 8. The first-order valence-electron chi connectivity index (χ1n) is 19.6. The summed E-state index contributed by atoms with van der Waals surface area (Å²) in [5.74, 6) is -2.75. The SMILES string of the molecule is CC(C)Oc1c(-c2cn[nH]c2)ncn2nc(Nc3c(F)cc(S(=O)(=O)N(C)CCCN4CCC(c5ccc6c(c5)n(C)c(=O)n6[C@H]5CCC(=O)NC5=O)CC4)cc3F)nc12. The zero-order valence-electron chi connectivity index (χ0n) is 33.4. The van der Waals surface area contributed by atoms with Crippen molar-refractivity contribution in [2.75, 3.05) is 38.5 Å². The number of hydrogen-bond acceptors (Lipinski definition) is 12. The molecular formula is C39H44F2N12O6S. The number of aryl methyl sites for hydroxylation is 1. The van der Waals surface area contributed by atoms with Crippen molar-refractivity contribution in [2.24, 2.45) is 7.05 Å². The number of hydrogen-bond donors (Lipinski definition) is 3. The number of nitrogens with zero attached hydrogens (tertiary/aromatic N) is 9. The molecule has 0 bridgehead atoms. The fraction of sp³-hybridized carbons (Fsp3) is 0.410. The Kier molecular flexibility index (Phi) is 11.0. The van der Waals surface area contributed by atoms with E-state index in [0.29, 0.717) is 35.3 Å². The second kappa shape index (κ2) is 16.2. The van der Waals surface area contributed by atoms with Crippen LogP contribution in [0.25, 0.3) is 27.9 Å². The highest BCUT2D eigenvalue weighted by atomic mass is 32.2. The van der Waals surface area contributed by atoms with Crippen LogP contribution >= 0.6 is 0 Å². The number of likely N-dealkylation sites (tertiary alicyclic amines) is 1. The predicted octanol–water partition coefficient (Wildman–Crippen LogP) is 3.84. The van der Waals surface area contributed by atoms with Gasteiger partial charge in [-0.15, -0.1) is 5.10 Å². The van der Waals surface area contributed by atoms with Crippen LogP contribution in [0.2, 0.25) is 0 Å². The van der Waals surface area contributed by atoms with E-state index in [4.69, 9.17) is 4.74 Å². The zero-order chi connectivity index (χ0) is 42.5. The maximum Gasteiger partial charge on any atom is 0.329 e. The normalized spacial score (nSPS) is 17.0. The Morgan fingerprint density at radius 3 is 2.48 bits per heavy atom. The highest BCUT2D eigenvalue weighted by Crippen LogP contribution is 2.34. The highest BCUT2D eigenvalue weighted by Gasteiger charge is 2.32. The highest BCUT2D eigenvalue weighted by molar-refractivity contribution is 7.89. The first-order chi connectivity index (χ1) is 28.7. The number of piperidine rings is 2. The average Bonchev–Trinajstić information content (AvgIpc) is 3.95. The van der Waals surface area contributed by atoms with Crippen molar-refractivity contribution >= 4 is 50.2 Å². The van der Waals surface area contributed by atoms with Gasteiger partial charge in [0, 0.05) is 38.8 Å². The summed E-state index contributed by atoms with van der Waals surface area (Å²) in [6.45, 7) is 5.94. The topological polar surface area (TPSA) is 207 Å². The summed E-state index contributed by atoms with van der Waals surface area (Å²) >= 11 is 0. The Hall–Kier alpha value is -6.06. The Balaban J connectivity index is 0.875. The van der Waals surface area contributed by atoms with Crippen LogP contribution in [0.1, 0.15) is 63.5 Å². The van der Waals surface area contributed by atoms with E-state index in [-0.39, 0.29) is 60.4 Å². The first-order valence-corrected chi connectivity index (χ1v) is 21.0. The number of aromatic amines is 1. The van der Waals surface area contributed by atoms with Crippen LogP contribution < -0.4 is 21.1 Å². The molecule has 6 aromatic rings. The number of carbonyl (C=O) groups is 2. The molecule has 2 aliphatic rings. The number of rotatable bonds is 13. The quantitative estimate of drug-likeness (QED) is 0.142. The molecule has 0 aliphatic carbocycles. The molecule has 60 heavy (non-hydrogen) atoms. The van der Waals surface area contributed by atoms with Crippen molar-refractivity contribution in [3.8, 4) is 17.0 Å². The van der Waals surface area contributed by atoms with E-state index >= 15 is 8.78 Å². The van der Waals surface area contributed by atoms with Crippen LogP contribution in [0.4, 0.5) is 20.4 Å². The summed E-state index contributed by atoms with van der Waals surface area (Å²) < 4.78 is 69.3. The molecule has 6 heterocycles. The molecule has 0 spiro atoms. The van der Waals surface area contributed by atoms with Gasteiger partial charge in [0.05, 0.1) is 28.2 Å². The second-order valence-electron chi connectivity index (χ2n) is 15.4. The van der Waals surface area contributed by atoms with Gasteiger partial charge in [0.15, 0.2) is 17.4 Å². The third-order valence-corrected chi connectivity index (χ3v) is 12.9. The number of ether oxygens (including phenoxy) is 1. The molecule has 1 atom stereocenters. The molecule has 18 nitrogen and oxygen atoms in total. The van der Waals surface area contributed by atoms with Crippen molar-refractivity contribution in [1.29, 1.82) is 0 Å². The molecule has 2 aromatic carbocycles. The van der Waals surface area contributed by atoms with Gasteiger partial charge >= 0.3 is 5.69 Å². The molecule has 0 radical (unpaired) electrons. The van der Waals surface area contributed by atoms with E-state index in [1.54, 1.807) is 19.4 Å². The van der Waals surface area contributed by atoms with E-state index < -0.39 is 44.2 Å². The number of carbonyl (C=O) groups excluding carboxylic acids is 2. The molecule has 316 valence electrons. The number of sulfonamides is 1. The monoisotopic (exact) mass is 846 g/mol. The Morgan fingerprint density at radius 1 is 1.05 bits per heavy atom. The van der Waals surface area contributed by atoms with E-state index in [9.17, 15) is 22.8 Å². The number of H-pyrrole nitrogens is 1. The number of nitrogens with one attached hydrogen (secondary N) is 3. The fourth-order valence-corrected chi connectivity index (χ4v) is 9.15. The van der Waals surface area contributed by atoms with Gasteiger partial charge in [-0.3, -0.25) is 29.1 Å². The van der Waals surface area contributed by atoms with Crippen LogP contribution in [-0.4, -0.2) is 108 Å². The molecule has 2 aliphatic heterocycles. The van der Waals surface area contributed by atoms with Gasteiger partial charge in [-0.25, -0.2) is 31.3 Å². The maximum atomic E-state index is 15.5. The van der Waals surface area contributed by atoms with Gasteiger partial charge < -0.3 is 15.0 Å². The minimum absolute atomic E-state index is 0.126. The summed E-state index contributed by atoms with van der Waals surface area (Å²) in [6.07, 6.45) is 6.94. The van der Waals surface area contributed by atoms with Crippen molar-refractivity contribution < 1.29 is 31.5 Å². The number of anilines is 2. The number of fused-ring (bicyclic) bond motifs is 2. The molecule has 21 heteroatoms. The molecular weight excluding hydrogens is 803 g/mol. The van der Waals surface area contributed by atoms with Gasteiger partial charge in [-0.05, 0) is 94.9 Å². The van der Waals surface area contributed by atoms with Crippen molar-refractivity contribution in [3.05, 3.63) is 76.7 Å². The maximum absolute atomic E-state index is 15.5. The Labute approximate surface area is 342 Å². The largest absolute Gasteiger partial charge is 0.485 e. The third kappa shape index (κ3) is 7.74. The minimum atomic E-state index is -4.24. The van der Waals surface area contributed by atoms with Crippen LogP contribution in [0.3, 0.4) is 0 Å². The molecule has 2 saturated heterocycles. The zero-order valence-corrected chi connectivity index (χ0v) is 34.2. The summed E-state index contributed by atoms with van der Waals surface area (Å²) in [5, 5.41) is 15.8. The lowest BCUT2D eigenvalue weighted by Gasteiger charge is -2.32. The molecule has 0 saturated carbocycles. The smallest absolute Gasteiger partial charge is 0.329 e. The minimum Gasteiger partial charge on any atom is -0.485 e. The molecule has 2 fully saturated rings. The number of benzene rings is 2. The van der Waals surface area contributed by atoms with Gasteiger partial charge in [0.2, 0.25) is 33.4 Å². The predicted molar refractivity (Wildman–Crippen MR) is 215 cm³/mol. The Bertz CT molecular complexity index is 2750. The molecule has 3 N–H and O–H groups in total. The van der Waals surface area contributed by atoms with E-state index in [0.717, 1.165) is 47.9 Å². The number of imide groups is 1. The Morgan fingerprint density at radius 2 is 1.80 bits per heavy atom. The van der Waals surface area contributed by atoms with Crippen molar-refractivity contribution in [2.45, 2.75) is 68.9 Å². The fourth-order valence-electron chi connectivity index (χ4n) is 7.92. The van der Waals surface area contributed by atoms with Crippen LogP contribution in [-0.2, 0) is 26.7 Å². The average molecular weight is 847 g/mol. The van der Waals surface area contributed by atoms with Crippen LogP contribution in [0.5, 0.6) is 5.75 Å². The van der Waals surface area contributed by atoms with Crippen LogP contribution in [0.15, 0.2) is 58.7 Å². The van der Waals surface area contributed by atoms with Gasteiger partial charge in [0.25, 0.3) is 0 Å². The molecule has 8 rings (SSSR count). The summed E-state index contributed by atoms with van der Waals surface area (Å²) in [7, 11) is -1.19. The van der Waals surface area contributed by atoms with Crippen molar-refractivity contribution in [1.82, 2.24) is 53.4 Å². The summed E-state index contributed by atoms with van der Waals surface area (Å²) in [6, 6.07) is 6.64. The van der Waals surface area contributed by atoms with Crippen LogP contribution in [0, 0.1) is 11.6 Å². The number of amides is 2. The lowest BCUT2D eigenvalue weighted by atomic mass is 9.89. The summed E-state index contributed by atoms with van der Waals surface area (Å²) in [5.41, 5.74) is 2.81. The van der Waals surface area contributed by atoms with E-state index in [1.165, 1.54) is 27.0 Å².